The Morgan fingerprint density at radius 3 is 2.76 bits per heavy atom. The van der Waals surface area contributed by atoms with E-state index in [-0.39, 0.29) is 17.9 Å². The fourth-order valence-corrected chi connectivity index (χ4v) is 2.05. The Morgan fingerprint density at radius 1 is 1.43 bits per heavy atom. The lowest BCUT2D eigenvalue weighted by Gasteiger charge is -2.06. The lowest BCUT2D eigenvalue weighted by atomic mass is 10.1. The predicted molar refractivity (Wildman–Crippen MR) is 72.9 cm³/mol. The summed E-state index contributed by atoms with van der Waals surface area (Å²) >= 11 is 0. The summed E-state index contributed by atoms with van der Waals surface area (Å²) in [5.41, 5.74) is 1.23. The van der Waals surface area contributed by atoms with Crippen LogP contribution in [0.4, 0.5) is 5.69 Å². The number of ether oxygens (including phenoxy) is 1. The van der Waals surface area contributed by atoms with Crippen molar-refractivity contribution in [2.75, 3.05) is 7.11 Å². The highest BCUT2D eigenvalue weighted by molar-refractivity contribution is 5.88. The predicted octanol–water partition coefficient (Wildman–Crippen LogP) is 1.58. The molecule has 0 saturated carbocycles. The van der Waals surface area contributed by atoms with Crippen molar-refractivity contribution >= 4 is 11.7 Å². The quantitative estimate of drug-likeness (QED) is 0.471. The molecule has 0 radical (unpaired) electrons. The third-order valence-electron chi connectivity index (χ3n) is 3.06. The Kier molecular flexibility index (Phi) is 4.27. The third-order valence-corrected chi connectivity index (χ3v) is 3.06. The zero-order valence-electron chi connectivity index (χ0n) is 11.6. The van der Waals surface area contributed by atoms with E-state index in [1.54, 1.807) is 18.2 Å². The minimum atomic E-state index is -0.569. The topological polar surface area (TPSA) is 100 Å². The second-order valence-electron chi connectivity index (χ2n) is 4.27. The van der Waals surface area contributed by atoms with Gasteiger partial charge in [0.05, 0.1) is 29.8 Å². The molecular weight excluding hydrogens is 276 g/mol. The summed E-state index contributed by atoms with van der Waals surface area (Å²) in [4.78, 5) is 22.2. The molecular formula is C13H14N4O4. The number of esters is 1. The number of methoxy groups -OCH3 is 1. The van der Waals surface area contributed by atoms with Gasteiger partial charge in [-0.3, -0.25) is 10.1 Å². The van der Waals surface area contributed by atoms with Crippen molar-refractivity contribution in [2.45, 2.75) is 19.9 Å². The number of aromatic nitrogens is 3. The molecule has 2 aromatic rings. The van der Waals surface area contributed by atoms with Crippen molar-refractivity contribution in [3.63, 3.8) is 0 Å². The molecule has 0 fully saturated rings. The van der Waals surface area contributed by atoms with E-state index in [4.69, 9.17) is 0 Å². The van der Waals surface area contributed by atoms with Crippen LogP contribution in [0.2, 0.25) is 0 Å². The first-order valence-electron chi connectivity index (χ1n) is 6.31. The van der Waals surface area contributed by atoms with Crippen molar-refractivity contribution in [1.82, 2.24) is 15.0 Å². The molecule has 1 heterocycles. The molecule has 0 N–H and O–H groups in total. The largest absolute Gasteiger partial charge is 0.464 e. The van der Waals surface area contributed by atoms with E-state index in [2.05, 4.69) is 15.0 Å². The van der Waals surface area contributed by atoms with Gasteiger partial charge in [-0.1, -0.05) is 30.3 Å². The van der Waals surface area contributed by atoms with Crippen molar-refractivity contribution < 1.29 is 14.5 Å². The number of nitrogens with zero attached hydrogens (tertiary/aromatic N) is 4. The van der Waals surface area contributed by atoms with Gasteiger partial charge in [0.15, 0.2) is 5.69 Å². The summed E-state index contributed by atoms with van der Waals surface area (Å²) in [6.45, 7) is 2.02. The second kappa shape index (κ2) is 6.12. The first kappa shape index (κ1) is 14.6. The van der Waals surface area contributed by atoms with Gasteiger partial charge in [-0.2, -0.15) is 0 Å². The van der Waals surface area contributed by atoms with Crippen LogP contribution in [0.25, 0.3) is 0 Å². The molecule has 0 bridgehead atoms. The number of nitro benzene ring substituents is 1. The first-order valence-corrected chi connectivity index (χ1v) is 6.31. The highest BCUT2D eigenvalue weighted by Crippen LogP contribution is 2.20. The Bertz CT molecular complexity index is 681. The van der Waals surface area contributed by atoms with Gasteiger partial charge in [-0.25, -0.2) is 9.48 Å². The monoisotopic (exact) mass is 290 g/mol. The maximum Gasteiger partial charge on any atom is 0.360 e. The van der Waals surface area contributed by atoms with E-state index in [9.17, 15) is 14.9 Å². The average Bonchev–Trinajstić information content (AvgIpc) is 2.89. The minimum Gasteiger partial charge on any atom is -0.464 e. The van der Waals surface area contributed by atoms with Crippen molar-refractivity contribution in [3.05, 3.63) is 51.3 Å². The van der Waals surface area contributed by atoms with Gasteiger partial charge >= 0.3 is 5.97 Å². The summed E-state index contributed by atoms with van der Waals surface area (Å²) < 4.78 is 6.12. The van der Waals surface area contributed by atoms with Gasteiger partial charge in [-0.05, 0) is 6.42 Å². The maximum atomic E-state index is 11.6. The minimum absolute atomic E-state index is 0.00895. The van der Waals surface area contributed by atoms with Crippen LogP contribution < -0.4 is 0 Å². The lowest BCUT2D eigenvalue weighted by molar-refractivity contribution is -0.385. The summed E-state index contributed by atoms with van der Waals surface area (Å²) in [6.07, 6.45) is 0.512. The molecule has 8 nitrogen and oxygen atoms in total. The number of rotatable bonds is 5. The lowest BCUT2D eigenvalue weighted by Crippen LogP contribution is -2.10. The Balaban J connectivity index is 2.39. The molecule has 0 spiro atoms. The highest BCUT2D eigenvalue weighted by Gasteiger charge is 2.21. The van der Waals surface area contributed by atoms with Crippen LogP contribution in [0.15, 0.2) is 24.3 Å². The first-order chi connectivity index (χ1) is 10.1. The number of benzene rings is 1. The fraction of sp³-hybridized carbons (Fsp3) is 0.308. The third kappa shape index (κ3) is 2.88. The maximum absolute atomic E-state index is 11.6. The van der Waals surface area contributed by atoms with Gasteiger partial charge < -0.3 is 4.74 Å². The molecule has 1 aromatic heterocycles. The number of hydrogen-bond donors (Lipinski definition) is 0. The molecule has 1 aromatic carbocycles. The van der Waals surface area contributed by atoms with Crippen LogP contribution in [-0.4, -0.2) is 33.0 Å². The summed E-state index contributed by atoms with van der Waals surface area (Å²) in [7, 11) is 1.27. The zero-order chi connectivity index (χ0) is 15.4. The summed E-state index contributed by atoms with van der Waals surface area (Å²) in [5, 5.41) is 18.7. The van der Waals surface area contributed by atoms with Gasteiger partial charge in [0.2, 0.25) is 0 Å². The Morgan fingerprint density at radius 2 is 2.14 bits per heavy atom. The fourth-order valence-electron chi connectivity index (χ4n) is 2.05. The number of carbonyl (C=O) groups is 1. The zero-order valence-corrected chi connectivity index (χ0v) is 11.6. The van der Waals surface area contributed by atoms with Crippen LogP contribution in [0.1, 0.15) is 28.7 Å². The number of hydrogen-bond acceptors (Lipinski definition) is 6. The van der Waals surface area contributed by atoms with Crippen molar-refractivity contribution in [2.24, 2.45) is 0 Å². The molecule has 0 aliphatic heterocycles. The van der Waals surface area contributed by atoms with Crippen LogP contribution in [0.5, 0.6) is 0 Å². The Labute approximate surface area is 120 Å². The van der Waals surface area contributed by atoms with Crippen LogP contribution in [0.3, 0.4) is 0 Å². The van der Waals surface area contributed by atoms with Crippen LogP contribution in [0, 0.1) is 10.1 Å². The SMILES string of the molecule is CCc1c(C(=O)OC)nnn1Cc1ccccc1[N+](=O)[O-]. The van der Waals surface area contributed by atoms with E-state index in [1.165, 1.54) is 17.9 Å². The standard InChI is InChI=1S/C13H14N4O4/c1-3-10-12(13(18)21-2)14-15-16(10)8-9-6-4-5-7-11(9)17(19)20/h4-7H,3,8H2,1-2H3. The molecule has 0 aliphatic carbocycles. The summed E-state index contributed by atoms with van der Waals surface area (Å²) in [5.74, 6) is -0.569. The highest BCUT2D eigenvalue weighted by atomic mass is 16.6. The Hall–Kier alpha value is -2.77. The molecule has 21 heavy (non-hydrogen) atoms. The van der Waals surface area contributed by atoms with Gasteiger partial charge in [0, 0.05) is 6.07 Å². The average molecular weight is 290 g/mol. The molecule has 110 valence electrons. The van der Waals surface area contributed by atoms with Gasteiger partial charge in [0.1, 0.15) is 0 Å². The molecule has 0 aliphatic rings. The molecule has 8 heteroatoms. The van der Waals surface area contributed by atoms with Crippen LogP contribution in [-0.2, 0) is 17.7 Å². The number of para-hydroxylation sites is 1. The van der Waals surface area contributed by atoms with Crippen molar-refractivity contribution in [3.8, 4) is 0 Å². The smallest absolute Gasteiger partial charge is 0.360 e. The van der Waals surface area contributed by atoms with E-state index in [0.29, 0.717) is 17.7 Å². The second-order valence-corrected chi connectivity index (χ2v) is 4.27. The van der Waals surface area contributed by atoms with E-state index in [0.717, 1.165) is 0 Å². The van der Waals surface area contributed by atoms with E-state index < -0.39 is 10.9 Å². The molecule has 2 rings (SSSR count). The summed E-state index contributed by atoms with van der Waals surface area (Å²) in [6, 6.07) is 6.39. The number of nitro groups is 1. The van der Waals surface area contributed by atoms with Gasteiger partial charge in [-0.15, -0.1) is 5.10 Å². The molecule has 0 amide bonds. The van der Waals surface area contributed by atoms with Gasteiger partial charge in [0.25, 0.3) is 5.69 Å². The van der Waals surface area contributed by atoms with Crippen molar-refractivity contribution in [1.29, 1.82) is 0 Å². The number of carbonyl (C=O) groups excluding carboxylic acids is 1. The van der Waals surface area contributed by atoms with E-state index >= 15 is 0 Å². The van der Waals surface area contributed by atoms with Crippen LogP contribution >= 0.6 is 0 Å². The van der Waals surface area contributed by atoms with E-state index in [1.807, 2.05) is 6.92 Å². The molecule has 0 atom stereocenters. The molecule has 0 saturated heterocycles. The normalized spacial score (nSPS) is 10.4. The molecule has 0 unspecified atom stereocenters.